The van der Waals surface area contributed by atoms with Crippen LogP contribution in [0.25, 0.3) is 0 Å². The molecule has 2 aromatic carbocycles. The highest BCUT2D eigenvalue weighted by molar-refractivity contribution is 9.10. The maximum Gasteiger partial charge on any atom is 0.123 e. The molecule has 0 amide bonds. The Morgan fingerprint density at radius 1 is 1.22 bits per heavy atom. The lowest BCUT2D eigenvalue weighted by Crippen LogP contribution is -2.03. The van der Waals surface area contributed by atoms with Gasteiger partial charge in [0.2, 0.25) is 0 Å². The molecule has 0 radical (unpaired) electrons. The predicted octanol–water partition coefficient (Wildman–Crippen LogP) is 4.52. The van der Waals surface area contributed by atoms with Crippen molar-refractivity contribution >= 4 is 27.5 Å². The third kappa shape index (κ3) is 3.31. The monoisotopic (exact) mass is 328 g/mol. The topological polar surface area (TPSA) is 20.2 Å². The van der Waals surface area contributed by atoms with E-state index < -0.39 is 6.10 Å². The molecule has 0 saturated heterocycles. The number of hydrogen-bond donors (Lipinski definition) is 1. The highest BCUT2D eigenvalue weighted by Gasteiger charge is 2.13. The Labute approximate surface area is 118 Å². The van der Waals surface area contributed by atoms with Gasteiger partial charge in [-0.3, -0.25) is 0 Å². The Kier molecular flexibility index (Phi) is 4.38. The van der Waals surface area contributed by atoms with Gasteiger partial charge in [-0.2, -0.15) is 0 Å². The van der Waals surface area contributed by atoms with Crippen molar-refractivity contribution in [3.63, 3.8) is 0 Å². The summed E-state index contributed by atoms with van der Waals surface area (Å²) in [7, 11) is 0. The molecule has 2 rings (SSSR count). The molecule has 0 aromatic heterocycles. The number of halogens is 3. The molecule has 0 aliphatic heterocycles. The summed E-state index contributed by atoms with van der Waals surface area (Å²) < 4.78 is 13.8. The van der Waals surface area contributed by atoms with Gasteiger partial charge in [0, 0.05) is 15.9 Å². The van der Waals surface area contributed by atoms with Crippen molar-refractivity contribution in [3.8, 4) is 0 Å². The first kappa shape index (κ1) is 13.5. The third-order valence-electron chi connectivity index (χ3n) is 2.64. The van der Waals surface area contributed by atoms with Crippen LogP contribution in [0.2, 0.25) is 5.02 Å². The van der Waals surface area contributed by atoms with Gasteiger partial charge in [-0.1, -0.05) is 39.7 Å². The van der Waals surface area contributed by atoms with Gasteiger partial charge >= 0.3 is 0 Å². The first-order valence-corrected chi connectivity index (χ1v) is 6.61. The van der Waals surface area contributed by atoms with Crippen molar-refractivity contribution in [1.29, 1.82) is 0 Å². The molecule has 1 unspecified atom stereocenters. The zero-order chi connectivity index (χ0) is 13.1. The summed E-state index contributed by atoms with van der Waals surface area (Å²) in [5, 5.41) is 10.7. The van der Waals surface area contributed by atoms with Gasteiger partial charge < -0.3 is 5.11 Å². The molecular weight excluding hydrogens is 319 g/mol. The van der Waals surface area contributed by atoms with E-state index in [9.17, 15) is 9.50 Å². The molecule has 18 heavy (non-hydrogen) atoms. The van der Waals surface area contributed by atoms with E-state index in [0.717, 1.165) is 10.0 Å². The second-order valence-electron chi connectivity index (χ2n) is 4.02. The maximum atomic E-state index is 13.1. The second kappa shape index (κ2) is 5.83. The van der Waals surface area contributed by atoms with Crippen LogP contribution in [0.5, 0.6) is 0 Å². The fraction of sp³-hybridized carbons (Fsp3) is 0.143. The largest absolute Gasteiger partial charge is 0.388 e. The van der Waals surface area contributed by atoms with Crippen LogP contribution in [0.3, 0.4) is 0 Å². The third-order valence-corrected chi connectivity index (χ3v) is 3.59. The zero-order valence-corrected chi connectivity index (χ0v) is 11.7. The molecule has 2 aromatic rings. The van der Waals surface area contributed by atoms with Crippen molar-refractivity contribution in [2.45, 2.75) is 12.5 Å². The smallest absolute Gasteiger partial charge is 0.123 e. The number of aliphatic hydroxyl groups excluding tert-OH is 1. The second-order valence-corrected chi connectivity index (χ2v) is 5.31. The number of benzene rings is 2. The lowest BCUT2D eigenvalue weighted by Gasteiger charge is -2.13. The molecule has 0 heterocycles. The zero-order valence-electron chi connectivity index (χ0n) is 9.41. The fourth-order valence-corrected chi connectivity index (χ4v) is 2.46. The van der Waals surface area contributed by atoms with E-state index in [0.29, 0.717) is 17.0 Å². The van der Waals surface area contributed by atoms with Gasteiger partial charge in [-0.05, 0) is 41.5 Å². The Bertz CT molecular complexity index is 559. The summed E-state index contributed by atoms with van der Waals surface area (Å²) in [5.74, 6) is -0.301. The first-order chi connectivity index (χ1) is 8.56. The quantitative estimate of drug-likeness (QED) is 0.878. The summed E-state index contributed by atoms with van der Waals surface area (Å²) in [4.78, 5) is 0. The van der Waals surface area contributed by atoms with Gasteiger partial charge in [0.05, 0.1) is 6.10 Å². The molecular formula is C14H11BrClFO. The van der Waals surface area contributed by atoms with Crippen molar-refractivity contribution in [3.05, 3.63) is 68.9 Å². The maximum absolute atomic E-state index is 13.1. The minimum atomic E-state index is -0.722. The van der Waals surface area contributed by atoms with Crippen LogP contribution in [-0.4, -0.2) is 5.11 Å². The Morgan fingerprint density at radius 3 is 2.72 bits per heavy atom. The van der Waals surface area contributed by atoms with E-state index in [1.54, 1.807) is 30.3 Å². The first-order valence-electron chi connectivity index (χ1n) is 5.44. The molecule has 0 fully saturated rings. The van der Waals surface area contributed by atoms with Crippen LogP contribution in [-0.2, 0) is 6.42 Å². The van der Waals surface area contributed by atoms with E-state index in [-0.39, 0.29) is 5.82 Å². The number of hydrogen-bond acceptors (Lipinski definition) is 1. The van der Waals surface area contributed by atoms with E-state index in [2.05, 4.69) is 15.9 Å². The van der Waals surface area contributed by atoms with Crippen LogP contribution in [0.4, 0.5) is 4.39 Å². The molecule has 0 bridgehead atoms. The molecule has 4 heteroatoms. The van der Waals surface area contributed by atoms with Crippen molar-refractivity contribution in [2.75, 3.05) is 0 Å². The van der Waals surface area contributed by atoms with Gasteiger partial charge in [-0.15, -0.1) is 0 Å². The molecule has 0 aliphatic carbocycles. The molecule has 1 atom stereocenters. The van der Waals surface area contributed by atoms with Gasteiger partial charge in [0.15, 0.2) is 0 Å². The summed E-state index contributed by atoms with van der Waals surface area (Å²) in [6.45, 7) is 0. The van der Waals surface area contributed by atoms with Crippen LogP contribution < -0.4 is 0 Å². The molecule has 1 N–H and O–H groups in total. The summed E-state index contributed by atoms with van der Waals surface area (Å²) in [6.07, 6.45) is -0.378. The van der Waals surface area contributed by atoms with Crippen molar-refractivity contribution in [1.82, 2.24) is 0 Å². The van der Waals surface area contributed by atoms with Crippen LogP contribution >= 0.6 is 27.5 Å². The van der Waals surface area contributed by atoms with Crippen LogP contribution in [0.1, 0.15) is 17.2 Å². The number of aliphatic hydroxyl groups is 1. The lowest BCUT2D eigenvalue weighted by atomic mass is 10.0. The van der Waals surface area contributed by atoms with Gasteiger partial charge in [0.1, 0.15) is 5.82 Å². The van der Waals surface area contributed by atoms with E-state index in [4.69, 9.17) is 11.6 Å². The molecule has 1 nitrogen and oxygen atoms in total. The van der Waals surface area contributed by atoms with E-state index >= 15 is 0 Å². The highest BCUT2D eigenvalue weighted by Crippen LogP contribution is 2.28. The highest BCUT2D eigenvalue weighted by atomic mass is 79.9. The minimum absolute atomic E-state index is 0.301. The van der Waals surface area contributed by atoms with Crippen LogP contribution in [0.15, 0.2) is 46.9 Å². The summed E-state index contributed by atoms with van der Waals surface area (Å²) in [5.41, 5.74) is 1.45. The minimum Gasteiger partial charge on any atom is -0.388 e. The molecule has 0 saturated carbocycles. The molecule has 94 valence electrons. The average Bonchev–Trinajstić information content (AvgIpc) is 2.32. The van der Waals surface area contributed by atoms with E-state index in [1.807, 2.05) is 0 Å². The lowest BCUT2D eigenvalue weighted by molar-refractivity contribution is 0.177. The summed E-state index contributed by atoms with van der Waals surface area (Å²) >= 11 is 9.26. The summed E-state index contributed by atoms with van der Waals surface area (Å²) in [6, 6.07) is 11.4. The SMILES string of the molecule is OC(Cc1cccc(F)c1)c1cc(Cl)ccc1Br. The Hall–Kier alpha value is -0.900. The standard InChI is InChI=1S/C14H11BrClFO/c15-13-5-4-10(16)8-12(13)14(18)7-9-2-1-3-11(17)6-9/h1-6,8,14,18H,7H2. The van der Waals surface area contributed by atoms with Crippen LogP contribution in [0, 0.1) is 5.82 Å². The predicted molar refractivity (Wildman–Crippen MR) is 74.2 cm³/mol. The normalized spacial score (nSPS) is 12.4. The number of rotatable bonds is 3. The Balaban J connectivity index is 2.21. The average molecular weight is 330 g/mol. The van der Waals surface area contributed by atoms with Gasteiger partial charge in [0.25, 0.3) is 0 Å². The fourth-order valence-electron chi connectivity index (χ4n) is 1.77. The Morgan fingerprint density at radius 2 is 2.00 bits per heavy atom. The van der Waals surface area contributed by atoms with E-state index in [1.165, 1.54) is 12.1 Å². The van der Waals surface area contributed by atoms with Crippen molar-refractivity contribution in [2.24, 2.45) is 0 Å². The molecule has 0 spiro atoms. The van der Waals surface area contributed by atoms with Crippen molar-refractivity contribution < 1.29 is 9.50 Å². The van der Waals surface area contributed by atoms with Gasteiger partial charge in [-0.25, -0.2) is 4.39 Å². The molecule has 0 aliphatic rings.